The summed E-state index contributed by atoms with van der Waals surface area (Å²) in [5.41, 5.74) is 3.92. The first-order chi connectivity index (χ1) is 12.7. The second-order valence-corrected chi connectivity index (χ2v) is 6.51. The molecule has 148 valence electrons. The lowest BCUT2D eigenvalue weighted by Crippen LogP contribution is -2.38. The summed E-state index contributed by atoms with van der Waals surface area (Å²) in [6.07, 6.45) is 0.990. The van der Waals surface area contributed by atoms with E-state index < -0.39 is 0 Å². The topological polar surface area (TPSA) is 39.7 Å². The normalized spacial score (nSPS) is 11.2. The van der Waals surface area contributed by atoms with Crippen molar-refractivity contribution in [3.8, 4) is 0 Å². The third-order valence-corrected chi connectivity index (χ3v) is 4.30. The SMILES string of the molecule is CCNC(=NCc1cccc(CN(C)CC)c1)NCCc1ccccc1.I. The molecular weight excluding hydrogens is 447 g/mol. The number of halogens is 1. The fourth-order valence-electron chi connectivity index (χ4n) is 2.73. The Morgan fingerprint density at radius 2 is 1.63 bits per heavy atom. The van der Waals surface area contributed by atoms with Crippen molar-refractivity contribution < 1.29 is 0 Å². The molecule has 0 amide bonds. The lowest BCUT2D eigenvalue weighted by atomic mass is 10.1. The maximum atomic E-state index is 4.74. The van der Waals surface area contributed by atoms with Crippen LogP contribution in [0.15, 0.2) is 59.6 Å². The molecule has 4 nitrogen and oxygen atoms in total. The van der Waals surface area contributed by atoms with Gasteiger partial charge in [0.2, 0.25) is 0 Å². The number of aliphatic imine (C=N–C) groups is 1. The maximum absolute atomic E-state index is 4.74. The van der Waals surface area contributed by atoms with Crippen LogP contribution in [0.25, 0.3) is 0 Å². The Morgan fingerprint density at radius 1 is 0.926 bits per heavy atom. The minimum Gasteiger partial charge on any atom is -0.357 e. The molecule has 0 aliphatic heterocycles. The first kappa shape index (κ1) is 23.4. The molecule has 0 saturated heterocycles. The molecule has 5 heteroatoms. The largest absolute Gasteiger partial charge is 0.357 e. The molecule has 0 radical (unpaired) electrons. The van der Waals surface area contributed by atoms with E-state index in [2.05, 4.69) is 91.0 Å². The molecule has 0 saturated carbocycles. The summed E-state index contributed by atoms with van der Waals surface area (Å²) in [5, 5.41) is 6.75. The van der Waals surface area contributed by atoms with Crippen molar-refractivity contribution in [2.24, 2.45) is 4.99 Å². The van der Waals surface area contributed by atoms with Crippen LogP contribution in [0, 0.1) is 0 Å². The predicted molar refractivity (Wildman–Crippen MR) is 127 cm³/mol. The zero-order chi connectivity index (χ0) is 18.6. The van der Waals surface area contributed by atoms with Gasteiger partial charge in [-0.25, -0.2) is 4.99 Å². The Kier molecular flexibility index (Phi) is 11.8. The summed E-state index contributed by atoms with van der Waals surface area (Å²) in [6, 6.07) is 19.2. The van der Waals surface area contributed by atoms with Crippen LogP contribution < -0.4 is 10.6 Å². The minimum absolute atomic E-state index is 0. The second-order valence-electron chi connectivity index (χ2n) is 6.51. The van der Waals surface area contributed by atoms with Gasteiger partial charge in [-0.15, -0.1) is 24.0 Å². The van der Waals surface area contributed by atoms with Crippen molar-refractivity contribution >= 4 is 29.9 Å². The van der Waals surface area contributed by atoms with Gasteiger partial charge in [-0.05, 0) is 43.6 Å². The Balaban J connectivity index is 0.00000364. The molecule has 2 rings (SSSR count). The van der Waals surface area contributed by atoms with Crippen molar-refractivity contribution in [3.05, 3.63) is 71.3 Å². The minimum atomic E-state index is 0. The quantitative estimate of drug-likeness (QED) is 0.323. The van der Waals surface area contributed by atoms with E-state index in [0.717, 1.165) is 38.6 Å². The standard InChI is InChI=1S/C22H32N4.HI/c1-4-23-22(24-15-14-19-10-7-6-8-11-19)25-17-20-12-9-13-21(16-20)18-26(3)5-2;/h6-13,16H,4-5,14-15,17-18H2,1-3H3,(H2,23,24,25);1H. The van der Waals surface area contributed by atoms with E-state index in [-0.39, 0.29) is 24.0 Å². The number of hydrogen-bond donors (Lipinski definition) is 2. The van der Waals surface area contributed by atoms with Crippen LogP contribution in [-0.2, 0) is 19.5 Å². The first-order valence-corrected chi connectivity index (χ1v) is 9.53. The Hall–Kier alpha value is -1.60. The van der Waals surface area contributed by atoms with Crippen LogP contribution >= 0.6 is 24.0 Å². The summed E-state index contributed by atoms with van der Waals surface area (Å²) in [4.78, 5) is 7.04. The number of hydrogen-bond acceptors (Lipinski definition) is 2. The van der Waals surface area contributed by atoms with Crippen LogP contribution in [0.3, 0.4) is 0 Å². The highest BCUT2D eigenvalue weighted by Crippen LogP contribution is 2.09. The number of rotatable bonds is 9. The average molecular weight is 480 g/mol. The molecule has 0 unspecified atom stereocenters. The van der Waals surface area contributed by atoms with Gasteiger partial charge in [0.15, 0.2) is 5.96 Å². The van der Waals surface area contributed by atoms with Gasteiger partial charge in [-0.2, -0.15) is 0 Å². The average Bonchev–Trinajstić information content (AvgIpc) is 2.67. The summed E-state index contributed by atoms with van der Waals surface area (Å²) in [7, 11) is 2.14. The molecule has 0 aliphatic carbocycles. The monoisotopic (exact) mass is 480 g/mol. The highest BCUT2D eigenvalue weighted by atomic mass is 127. The highest BCUT2D eigenvalue weighted by Gasteiger charge is 2.01. The molecule has 2 aromatic carbocycles. The van der Waals surface area contributed by atoms with Crippen LogP contribution in [0.5, 0.6) is 0 Å². The van der Waals surface area contributed by atoms with E-state index in [0.29, 0.717) is 6.54 Å². The molecular formula is C22H33IN4. The van der Waals surface area contributed by atoms with E-state index in [9.17, 15) is 0 Å². The molecule has 0 fully saturated rings. The van der Waals surface area contributed by atoms with Crippen LogP contribution in [-0.4, -0.2) is 37.5 Å². The molecule has 0 bridgehead atoms. The number of benzene rings is 2. The van der Waals surface area contributed by atoms with Gasteiger partial charge in [0, 0.05) is 19.6 Å². The van der Waals surface area contributed by atoms with Crippen molar-refractivity contribution in [1.29, 1.82) is 0 Å². The number of nitrogens with zero attached hydrogens (tertiary/aromatic N) is 2. The Bertz CT molecular complexity index is 673. The van der Waals surface area contributed by atoms with Gasteiger partial charge in [0.25, 0.3) is 0 Å². The van der Waals surface area contributed by atoms with Gasteiger partial charge in [-0.3, -0.25) is 0 Å². The Labute approximate surface area is 181 Å². The molecule has 2 aromatic rings. The maximum Gasteiger partial charge on any atom is 0.191 e. The first-order valence-electron chi connectivity index (χ1n) is 9.53. The zero-order valence-corrected chi connectivity index (χ0v) is 19.1. The summed E-state index contributed by atoms with van der Waals surface area (Å²) < 4.78 is 0. The van der Waals surface area contributed by atoms with E-state index in [1.54, 1.807) is 0 Å². The number of guanidine groups is 1. The predicted octanol–water partition coefficient (Wildman–Crippen LogP) is 4.05. The zero-order valence-electron chi connectivity index (χ0n) is 16.7. The molecule has 0 aromatic heterocycles. The Morgan fingerprint density at radius 3 is 2.33 bits per heavy atom. The molecule has 0 aliphatic rings. The van der Waals surface area contributed by atoms with Gasteiger partial charge in [-0.1, -0.05) is 61.5 Å². The van der Waals surface area contributed by atoms with Gasteiger partial charge in [0.05, 0.1) is 6.54 Å². The van der Waals surface area contributed by atoms with Crippen molar-refractivity contribution in [1.82, 2.24) is 15.5 Å². The smallest absolute Gasteiger partial charge is 0.191 e. The van der Waals surface area contributed by atoms with Gasteiger partial charge < -0.3 is 15.5 Å². The second kappa shape index (κ2) is 13.6. The van der Waals surface area contributed by atoms with E-state index in [1.165, 1.54) is 16.7 Å². The van der Waals surface area contributed by atoms with E-state index in [1.807, 2.05) is 0 Å². The molecule has 0 atom stereocenters. The van der Waals surface area contributed by atoms with Crippen LogP contribution in [0.1, 0.15) is 30.5 Å². The van der Waals surface area contributed by atoms with Crippen LogP contribution in [0.4, 0.5) is 0 Å². The third-order valence-electron chi connectivity index (χ3n) is 4.30. The summed E-state index contributed by atoms with van der Waals surface area (Å²) in [6.45, 7) is 8.72. The molecule has 0 heterocycles. The fourth-order valence-corrected chi connectivity index (χ4v) is 2.73. The van der Waals surface area contributed by atoms with Crippen molar-refractivity contribution in [2.45, 2.75) is 33.4 Å². The van der Waals surface area contributed by atoms with Gasteiger partial charge >= 0.3 is 0 Å². The summed E-state index contributed by atoms with van der Waals surface area (Å²) in [5.74, 6) is 0.875. The van der Waals surface area contributed by atoms with Gasteiger partial charge in [0.1, 0.15) is 0 Å². The molecule has 27 heavy (non-hydrogen) atoms. The number of nitrogens with one attached hydrogen (secondary N) is 2. The lowest BCUT2D eigenvalue weighted by Gasteiger charge is -2.14. The molecule has 2 N–H and O–H groups in total. The van der Waals surface area contributed by atoms with E-state index in [4.69, 9.17) is 4.99 Å². The summed E-state index contributed by atoms with van der Waals surface area (Å²) >= 11 is 0. The van der Waals surface area contributed by atoms with E-state index >= 15 is 0 Å². The third kappa shape index (κ3) is 9.24. The molecule has 0 spiro atoms. The van der Waals surface area contributed by atoms with Crippen molar-refractivity contribution in [2.75, 3.05) is 26.7 Å². The highest BCUT2D eigenvalue weighted by molar-refractivity contribution is 14.0. The van der Waals surface area contributed by atoms with Crippen LogP contribution in [0.2, 0.25) is 0 Å². The fraction of sp³-hybridized carbons (Fsp3) is 0.409. The van der Waals surface area contributed by atoms with Crippen molar-refractivity contribution in [3.63, 3.8) is 0 Å². The lowest BCUT2D eigenvalue weighted by molar-refractivity contribution is 0.345.